The predicted octanol–water partition coefficient (Wildman–Crippen LogP) is 4.11. The maximum atomic E-state index is 14.2. The van der Waals surface area contributed by atoms with Crippen LogP contribution in [0.1, 0.15) is 11.1 Å². The van der Waals surface area contributed by atoms with E-state index in [1.54, 1.807) is 31.4 Å². The van der Waals surface area contributed by atoms with E-state index in [0.29, 0.717) is 29.1 Å². The second-order valence-corrected chi connectivity index (χ2v) is 10.9. The Balaban J connectivity index is 1.37. The van der Waals surface area contributed by atoms with E-state index in [4.69, 9.17) is 4.74 Å². The molecule has 8 nitrogen and oxygen atoms in total. The standard InChI is InChI=1S/C29H23BrN4O4/c1-38-18-9-7-17(8-10-18)34-26(35)24-23(12-15-14-31-21-5-3-2-4-19(15)21)33-29(25(24)27(34)36)20-13-16(30)6-11-22(20)32-28(29)37/h2-11,13-14,23-25,31,33H,12H2,1H3,(H,32,37)/t23-,24-,25-,29+/m0/s1. The van der Waals surface area contributed by atoms with Crippen LogP contribution >= 0.6 is 15.9 Å². The van der Waals surface area contributed by atoms with Gasteiger partial charge in [-0.15, -0.1) is 0 Å². The van der Waals surface area contributed by atoms with E-state index in [2.05, 4.69) is 31.5 Å². The number of nitrogens with one attached hydrogen (secondary N) is 3. The topological polar surface area (TPSA) is 104 Å². The Hall–Kier alpha value is -3.95. The van der Waals surface area contributed by atoms with Gasteiger partial charge in [0.2, 0.25) is 17.7 Å². The minimum Gasteiger partial charge on any atom is -0.497 e. The van der Waals surface area contributed by atoms with E-state index in [-0.39, 0.29) is 17.7 Å². The third-order valence-electron chi connectivity index (χ3n) is 8.12. The number of para-hydroxylation sites is 1. The SMILES string of the molecule is COc1ccc(N2C(=O)[C@H]3[C@H](Cc4c[nH]c5ccccc45)N[C@@]4(C(=O)Nc5ccc(Br)cc54)[C@@H]3C2=O)cc1. The average Bonchev–Trinajstić information content (AvgIpc) is 3.63. The number of rotatable bonds is 4. The van der Waals surface area contributed by atoms with Crippen molar-refractivity contribution in [1.82, 2.24) is 10.3 Å². The van der Waals surface area contributed by atoms with E-state index in [1.807, 2.05) is 48.7 Å². The molecule has 3 amide bonds. The zero-order valence-electron chi connectivity index (χ0n) is 20.3. The van der Waals surface area contributed by atoms with Crippen LogP contribution in [-0.2, 0) is 26.3 Å². The van der Waals surface area contributed by atoms with Crippen molar-refractivity contribution in [2.75, 3.05) is 17.3 Å². The zero-order chi connectivity index (χ0) is 26.2. The zero-order valence-corrected chi connectivity index (χ0v) is 21.9. The fourth-order valence-corrected chi connectivity index (χ4v) is 6.83. The molecule has 3 aliphatic rings. The molecule has 9 heteroatoms. The summed E-state index contributed by atoms with van der Waals surface area (Å²) in [4.78, 5) is 46.5. The van der Waals surface area contributed by atoms with Crippen molar-refractivity contribution >= 4 is 55.9 Å². The van der Waals surface area contributed by atoms with Crippen LogP contribution in [0.5, 0.6) is 5.75 Å². The molecule has 0 unspecified atom stereocenters. The number of aromatic nitrogens is 1. The lowest BCUT2D eigenvalue weighted by Crippen LogP contribution is -2.53. The predicted molar refractivity (Wildman–Crippen MR) is 146 cm³/mol. The Morgan fingerprint density at radius 2 is 1.79 bits per heavy atom. The summed E-state index contributed by atoms with van der Waals surface area (Å²) in [7, 11) is 1.56. The fraction of sp³-hybridized carbons (Fsp3) is 0.207. The van der Waals surface area contributed by atoms with E-state index < -0.39 is 23.4 Å². The molecule has 3 N–H and O–H groups in total. The molecule has 0 radical (unpaired) electrons. The number of ether oxygens (including phenoxy) is 1. The summed E-state index contributed by atoms with van der Waals surface area (Å²) in [5, 5.41) is 7.53. The lowest BCUT2D eigenvalue weighted by molar-refractivity contribution is -0.130. The second-order valence-electron chi connectivity index (χ2n) is 9.98. The number of imide groups is 1. The quantitative estimate of drug-likeness (QED) is 0.320. The number of H-pyrrole nitrogens is 1. The monoisotopic (exact) mass is 570 g/mol. The Morgan fingerprint density at radius 3 is 2.58 bits per heavy atom. The lowest BCUT2D eigenvalue weighted by Gasteiger charge is -2.29. The van der Waals surface area contributed by atoms with Crippen LogP contribution in [0.15, 0.2) is 77.4 Å². The van der Waals surface area contributed by atoms with Crippen molar-refractivity contribution in [3.8, 4) is 5.75 Å². The van der Waals surface area contributed by atoms with Crippen LogP contribution in [0.25, 0.3) is 10.9 Å². The van der Waals surface area contributed by atoms with Crippen molar-refractivity contribution < 1.29 is 19.1 Å². The summed E-state index contributed by atoms with van der Waals surface area (Å²) in [6.07, 6.45) is 2.41. The molecule has 38 heavy (non-hydrogen) atoms. The summed E-state index contributed by atoms with van der Waals surface area (Å²) < 4.78 is 6.04. The highest BCUT2D eigenvalue weighted by atomic mass is 79.9. The van der Waals surface area contributed by atoms with E-state index in [9.17, 15) is 14.4 Å². The molecule has 3 aromatic carbocycles. The molecule has 1 aromatic heterocycles. The maximum Gasteiger partial charge on any atom is 0.250 e. The molecule has 3 aliphatic heterocycles. The first-order chi connectivity index (χ1) is 18.4. The van der Waals surface area contributed by atoms with Gasteiger partial charge in [-0.25, -0.2) is 4.90 Å². The number of benzene rings is 3. The first-order valence-corrected chi connectivity index (χ1v) is 13.2. The van der Waals surface area contributed by atoms with Gasteiger partial charge in [0.1, 0.15) is 11.3 Å². The summed E-state index contributed by atoms with van der Waals surface area (Å²) in [5.41, 5.74) is 2.42. The normalized spacial score (nSPS) is 25.8. The van der Waals surface area contributed by atoms with Gasteiger partial charge in [-0.05, 0) is 60.5 Å². The number of carbonyl (C=O) groups excluding carboxylic acids is 3. The maximum absolute atomic E-state index is 14.2. The third kappa shape index (κ3) is 3.09. The largest absolute Gasteiger partial charge is 0.497 e. The van der Waals surface area contributed by atoms with Crippen LogP contribution in [0.4, 0.5) is 11.4 Å². The first kappa shape index (κ1) is 23.2. The number of fused-ring (bicyclic) bond motifs is 5. The molecular formula is C29H23BrN4O4. The number of aromatic amines is 1. The van der Waals surface area contributed by atoms with Gasteiger partial charge < -0.3 is 15.0 Å². The number of nitrogens with zero attached hydrogens (tertiary/aromatic N) is 1. The molecule has 0 saturated carbocycles. The van der Waals surface area contributed by atoms with Crippen LogP contribution in [0.3, 0.4) is 0 Å². The van der Waals surface area contributed by atoms with Gasteiger partial charge in [0, 0.05) is 38.9 Å². The van der Waals surface area contributed by atoms with Gasteiger partial charge in [0.25, 0.3) is 0 Å². The summed E-state index contributed by atoms with van der Waals surface area (Å²) in [6, 6.07) is 19.9. The van der Waals surface area contributed by atoms with Crippen LogP contribution in [0, 0.1) is 11.8 Å². The first-order valence-electron chi connectivity index (χ1n) is 12.4. The van der Waals surface area contributed by atoms with Gasteiger partial charge in [-0.3, -0.25) is 19.7 Å². The summed E-state index contributed by atoms with van der Waals surface area (Å²) in [6.45, 7) is 0. The van der Waals surface area contributed by atoms with E-state index in [1.165, 1.54) is 4.90 Å². The molecule has 4 atom stereocenters. The number of halogens is 1. The highest BCUT2D eigenvalue weighted by Gasteiger charge is 2.70. The Bertz CT molecular complexity index is 1650. The van der Waals surface area contributed by atoms with Crippen LogP contribution in [0.2, 0.25) is 0 Å². The number of hydrogen-bond acceptors (Lipinski definition) is 5. The van der Waals surface area contributed by atoms with E-state index >= 15 is 0 Å². The van der Waals surface area contributed by atoms with Crippen molar-refractivity contribution in [2.24, 2.45) is 11.8 Å². The third-order valence-corrected chi connectivity index (χ3v) is 8.62. The fourth-order valence-electron chi connectivity index (χ4n) is 6.47. The molecular weight excluding hydrogens is 548 g/mol. The van der Waals surface area contributed by atoms with Crippen molar-refractivity contribution in [1.29, 1.82) is 0 Å². The van der Waals surface area contributed by atoms with Crippen LogP contribution in [-0.4, -0.2) is 35.9 Å². The number of methoxy groups -OCH3 is 1. The van der Waals surface area contributed by atoms with Crippen molar-refractivity contribution in [2.45, 2.75) is 18.0 Å². The average molecular weight is 571 g/mol. The summed E-state index contributed by atoms with van der Waals surface area (Å²) in [5.74, 6) is -2.02. The molecule has 4 aromatic rings. The molecule has 0 bridgehead atoms. The molecule has 1 spiro atoms. The molecule has 2 fully saturated rings. The second kappa shape index (κ2) is 8.28. The lowest BCUT2D eigenvalue weighted by atomic mass is 9.76. The number of anilines is 2. The number of amides is 3. The Morgan fingerprint density at radius 1 is 1.00 bits per heavy atom. The number of carbonyl (C=O) groups is 3. The minimum atomic E-state index is -1.37. The van der Waals surface area contributed by atoms with Gasteiger partial charge in [-0.1, -0.05) is 34.1 Å². The molecule has 7 rings (SSSR count). The minimum absolute atomic E-state index is 0.310. The van der Waals surface area contributed by atoms with Gasteiger partial charge in [0.15, 0.2) is 0 Å². The molecule has 4 heterocycles. The van der Waals surface area contributed by atoms with Crippen molar-refractivity contribution in [3.05, 3.63) is 88.5 Å². The van der Waals surface area contributed by atoms with Crippen LogP contribution < -0.4 is 20.3 Å². The Labute approximate surface area is 226 Å². The smallest absolute Gasteiger partial charge is 0.250 e. The highest BCUT2D eigenvalue weighted by molar-refractivity contribution is 9.10. The Kier molecular flexibility index (Phi) is 5.05. The highest BCUT2D eigenvalue weighted by Crippen LogP contribution is 2.54. The molecule has 190 valence electrons. The van der Waals surface area contributed by atoms with E-state index in [0.717, 1.165) is 20.9 Å². The number of hydrogen-bond donors (Lipinski definition) is 3. The van der Waals surface area contributed by atoms with Crippen molar-refractivity contribution in [3.63, 3.8) is 0 Å². The molecule has 0 aliphatic carbocycles. The summed E-state index contributed by atoms with van der Waals surface area (Å²) >= 11 is 3.52. The van der Waals surface area contributed by atoms with Gasteiger partial charge >= 0.3 is 0 Å². The van der Waals surface area contributed by atoms with Gasteiger partial charge in [0.05, 0.1) is 24.6 Å². The molecule has 2 saturated heterocycles. The van der Waals surface area contributed by atoms with Gasteiger partial charge in [-0.2, -0.15) is 0 Å².